The third-order valence-electron chi connectivity index (χ3n) is 6.01. The van der Waals surface area contributed by atoms with Crippen molar-refractivity contribution in [2.24, 2.45) is 4.99 Å². The molecule has 5 rings (SSSR count). The number of tetrazole rings is 1. The van der Waals surface area contributed by atoms with E-state index in [1.807, 2.05) is 55.5 Å². The largest absolute Gasteiger partial charge is 0.478 e. The molecule has 0 saturated carbocycles. The fraction of sp³-hybridized carbons (Fsp3) is 0.240. The van der Waals surface area contributed by atoms with Crippen molar-refractivity contribution < 1.29 is 14.7 Å². The van der Waals surface area contributed by atoms with E-state index < -0.39 is 11.9 Å². The van der Waals surface area contributed by atoms with Gasteiger partial charge in [-0.05, 0) is 47.6 Å². The van der Waals surface area contributed by atoms with Crippen LogP contribution in [0.5, 0.6) is 0 Å². The average Bonchev–Trinajstić information content (AvgIpc) is 3.66. The van der Waals surface area contributed by atoms with Crippen LogP contribution >= 0.6 is 11.3 Å². The number of aliphatic carboxylic acids is 1. The number of H-pyrrole nitrogens is 1. The van der Waals surface area contributed by atoms with Crippen LogP contribution in [-0.2, 0) is 22.6 Å². The van der Waals surface area contributed by atoms with Crippen LogP contribution in [-0.4, -0.2) is 107 Å². The molecule has 0 bridgehead atoms. The number of carbonyl (C=O) groups is 2. The van der Waals surface area contributed by atoms with Gasteiger partial charge in [-0.3, -0.25) is 4.79 Å². The Balaban J connectivity index is 0.00000200. The van der Waals surface area contributed by atoms with Gasteiger partial charge in [-0.1, -0.05) is 66.8 Å². The molecule has 1 amide bonds. The Hall–Kier alpha value is -2.25. The van der Waals surface area contributed by atoms with E-state index >= 15 is 0 Å². The number of benzene rings is 2. The number of aromatic nitrogens is 6. The van der Waals surface area contributed by atoms with Crippen LogP contribution in [0.15, 0.2) is 64.7 Å². The summed E-state index contributed by atoms with van der Waals surface area (Å²) in [5.41, 5.74) is 4.33. The maximum atomic E-state index is 12.8. The Bertz CT molecular complexity index is 1530. The van der Waals surface area contributed by atoms with E-state index in [0.717, 1.165) is 27.3 Å². The summed E-state index contributed by atoms with van der Waals surface area (Å²) in [5.74, 6) is -1.00. The van der Waals surface area contributed by atoms with Gasteiger partial charge in [0.05, 0.1) is 6.54 Å². The van der Waals surface area contributed by atoms with Gasteiger partial charge in [0.1, 0.15) is 5.01 Å². The quantitative estimate of drug-likeness (QED) is 0.339. The second-order valence-corrected chi connectivity index (χ2v) is 9.34. The number of hydrogen-bond acceptors (Lipinski definition) is 7. The Morgan fingerprint density at radius 3 is 2.42 bits per heavy atom. The Labute approximate surface area is 266 Å². The molecule has 0 spiro atoms. The molecule has 0 aliphatic heterocycles. The average molecular weight is 548 g/mol. The van der Waals surface area contributed by atoms with E-state index in [4.69, 9.17) is 0 Å². The second-order valence-electron chi connectivity index (χ2n) is 8.30. The maximum absolute atomic E-state index is 12.8. The van der Waals surface area contributed by atoms with Crippen molar-refractivity contribution in [1.29, 1.82) is 0 Å². The number of amides is 1. The number of carboxylic acid groups (broad SMARTS) is 1. The first-order valence-corrected chi connectivity index (χ1v) is 12.4. The molecule has 2 radical (unpaired) electrons. The monoisotopic (exact) mass is 547 g/mol. The fourth-order valence-corrected chi connectivity index (χ4v) is 5.05. The summed E-state index contributed by atoms with van der Waals surface area (Å²) >= 11 is 1.35. The first-order chi connectivity index (χ1) is 17.5. The summed E-state index contributed by atoms with van der Waals surface area (Å²) in [6, 6.07) is 15.9. The minimum absolute atomic E-state index is 0. The Kier molecular flexibility index (Phi) is 10.9. The van der Waals surface area contributed by atoms with E-state index in [2.05, 4.69) is 30.7 Å². The third-order valence-corrected chi connectivity index (χ3v) is 7.10. The second kappa shape index (κ2) is 13.7. The predicted octanol–water partition coefficient (Wildman–Crippen LogP) is 2.63. The van der Waals surface area contributed by atoms with Crippen molar-refractivity contribution in [2.75, 3.05) is 0 Å². The van der Waals surface area contributed by atoms with Crippen LogP contribution in [0.4, 0.5) is 0 Å². The van der Waals surface area contributed by atoms with Crippen LogP contribution in [0.3, 0.4) is 0 Å². The van der Waals surface area contributed by atoms with Crippen molar-refractivity contribution >= 4 is 82.3 Å². The summed E-state index contributed by atoms with van der Waals surface area (Å²) in [6.07, 6.45) is 2.21. The van der Waals surface area contributed by atoms with E-state index in [1.165, 1.54) is 11.3 Å². The molecule has 0 saturated heterocycles. The zero-order valence-electron chi connectivity index (χ0n) is 21.5. The smallest absolute Gasteiger partial charge is 0.332 e. The summed E-state index contributed by atoms with van der Waals surface area (Å²) in [5, 5.41) is 29.2. The molecule has 13 heteroatoms. The van der Waals surface area contributed by atoms with Crippen LogP contribution in [0.25, 0.3) is 22.5 Å². The number of hydrogen-bond donors (Lipinski definition) is 2. The minimum Gasteiger partial charge on any atom is -0.478 e. The van der Waals surface area contributed by atoms with Crippen molar-refractivity contribution in [1.82, 2.24) is 30.4 Å². The van der Waals surface area contributed by atoms with Gasteiger partial charge in [-0.2, -0.15) is 15.3 Å². The number of nitrogens with one attached hydrogen (secondary N) is 1. The van der Waals surface area contributed by atoms with Crippen molar-refractivity contribution in [3.63, 3.8) is 0 Å². The van der Waals surface area contributed by atoms with Gasteiger partial charge in [0.15, 0.2) is 0 Å². The molecule has 2 aromatic heterocycles. The minimum atomic E-state index is -1.04. The van der Waals surface area contributed by atoms with Crippen LogP contribution < -0.4 is 4.80 Å². The summed E-state index contributed by atoms with van der Waals surface area (Å²) in [7, 11) is 0. The normalized spacial score (nSPS) is 13.2. The molecule has 38 heavy (non-hydrogen) atoms. The first kappa shape index (κ1) is 30.3. The molecule has 4 aromatic rings. The molecule has 0 atom stereocenters. The van der Waals surface area contributed by atoms with E-state index in [9.17, 15) is 14.7 Å². The van der Waals surface area contributed by atoms with Crippen LogP contribution in [0, 0.1) is 0 Å². The van der Waals surface area contributed by atoms with Gasteiger partial charge in [-0.25, -0.2) is 9.48 Å². The standard InChI is InChI=1S/C25H23N7O3S.2Na/c1-2-21-29-32(25(36-21)26-23(33)19-8-5-9-20(19)24(34)35)14-15-10-12-16(13-11-15)17-6-3-4-7-18(17)22-27-30-31-28-22;;/h3-4,6-7,10-13H,2,5,8-9,14H2,1H3,(H,34,35)(H,27,28,30,31);;. The van der Waals surface area contributed by atoms with E-state index in [1.54, 1.807) is 4.68 Å². The number of aromatic amines is 1. The molecule has 1 aliphatic carbocycles. The molecule has 1 aliphatic rings. The van der Waals surface area contributed by atoms with Gasteiger partial charge in [0.2, 0.25) is 10.6 Å². The SMILES string of the molecule is CCc1nn(Cc2ccc(-c3ccccc3-c3nn[nH]n3)cc2)c(=NC(=O)C2=C(C(=O)O)CCC2)s1.[Na].[Na]. The van der Waals surface area contributed by atoms with Crippen LogP contribution in [0.2, 0.25) is 0 Å². The molecule has 2 aromatic carbocycles. The van der Waals surface area contributed by atoms with Gasteiger partial charge in [0.25, 0.3) is 5.91 Å². The van der Waals surface area contributed by atoms with Crippen molar-refractivity contribution in [2.45, 2.75) is 39.2 Å². The third kappa shape index (κ3) is 6.66. The number of rotatable bonds is 7. The van der Waals surface area contributed by atoms with Gasteiger partial charge in [-0.15, -0.1) is 10.2 Å². The van der Waals surface area contributed by atoms with Crippen LogP contribution in [0.1, 0.15) is 36.8 Å². The molecule has 0 fully saturated rings. The zero-order valence-corrected chi connectivity index (χ0v) is 26.3. The molecule has 10 nitrogen and oxygen atoms in total. The zero-order chi connectivity index (χ0) is 25.1. The van der Waals surface area contributed by atoms with E-state index in [-0.39, 0.29) is 64.7 Å². The topological polar surface area (TPSA) is 139 Å². The van der Waals surface area contributed by atoms with Gasteiger partial charge in [0, 0.05) is 75.8 Å². The van der Waals surface area contributed by atoms with Crippen molar-refractivity contribution in [3.8, 4) is 22.5 Å². The number of carbonyl (C=O) groups excluding carboxylic acids is 1. The van der Waals surface area contributed by atoms with E-state index in [0.29, 0.717) is 48.4 Å². The molecule has 184 valence electrons. The number of nitrogens with zero attached hydrogens (tertiary/aromatic N) is 6. The molecule has 2 N–H and O–H groups in total. The summed E-state index contributed by atoms with van der Waals surface area (Å²) in [4.78, 5) is 29.0. The van der Waals surface area contributed by atoms with Gasteiger partial charge < -0.3 is 5.11 Å². The summed E-state index contributed by atoms with van der Waals surface area (Å²) in [6.45, 7) is 2.42. The molecule has 2 heterocycles. The molecular weight excluding hydrogens is 524 g/mol. The Morgan fingerprint density at radius 1 is 1.05 bits per heavy atom. The maximum Gasteiger partial charge on any atom is 0.332 e. The first-order valence-electron chi connectivity index (χ1n) is 11.6. The molecular formula is C25H23N7Na2O3S. The number of carboxylic acids is 1. The van der Waals surface area contributed by atoms with Gasteiger partial charge >= 0.3 is 5.97 Å². The number of aryl methyl sites for hydroxylation is 1. The summed E-state index contributed by atoms with van der Waals surface area (Å²) < 4.78 is 1.71. The fourth-order valence-electron chi connectivity index (χ4n) is 4.22. The molecule has 0 unspecified atom stereocenters. The predicted molar refractivity (Wildman–Crippen MR) is 144 cm³/mol. The Morgan fingerprint density at radius 2 is 1.76 bits per heavy atom. The van der Waals surface area contributed by atoms with Crippen molar-refractivity contribution in [3.05, 3.63) is 75.0 Å².